The first kappa shape index (κ1) is 38.6. The summed E-state index contributed by atoms with van der Waals surface area (Å²) in [6.07, 6.45) is 3.46. The Balaban J connectivity index is 0.881. The number of fused-ring (bicyclic) bond motifs is 9. The van der Waals surface area contributed by atoms with Crippen LogP contribution in [0.3, 0.4) is 0 Å². The summed E-state index contributed by atoms with van der Waals surface area (Å²) >= 11 is 0. The number of hydrogen-bond acceptors (Lipinski definition) is 6. The van der Waals surface area contributed by atoms with Crippen molar-refractivity contribution in [1.29, 1.82) is 0 Å². The van der Waals surface area contributed by atoms with E-state index in [0.717, 1.165) is 110 Å². The summed E-state index contributed by atoms with van der Waals surface area (Å²) in [5.41, 5.74) is 15.1. The van der Waals surface area contributed by atoms with Crippen LogP contribution >= 0.6 is 0 Å². The van der Waals surface area contributed by atoms with Crippen LogP contribution in [0.1, 0.15) is 0 Å². The topological polar surface area (TPSA) is 92.1 Å². The molecule has 0 N–H and O–H groups in total. The summed E-state index contributed by atoms with van der Waals surface area (Å²) in [5.74, 6) is 1.76. The van der Waals surface area contributed by atoms with Crippen LogP contribution in [0.5, 0.6) is 0 Å². The van der Waals surface area contributed by atoms with Crippen LogP contribution in [0.2, 0.25) is 0 Å². The van der Waals surface area contributed by atoms with E-state index in [2.05, 4.69) is 177 Å². The van der Waals surface area contributed by atoms with E-state index in [1.54, 1.807) is 6.33 Å². The number of rotatable bonds is 7. The fourth-order valence-corrected chi connectivity index (χ4v) is 10.1. The third-order valence-electron chi connectivity index (χ3n) is 13.3. The van der Waals surface area contributed by atoms with Gasteiger partial charge in [0.05, 0.1) is 50.0 Å². The molecule has 0 spiro atoms. The first-order valence-electron chi connectivity index (χ1n) is 22.9. The number of para-hydroxylation sites is 3. The predicted octanol–water partition coefficient (Wildman–Crippen LogP) is 14.0. The van der Waals surface area contributed by atoms with Crippen molar-refractivity contribution in [2.75, 3.05) is 0 Å². The van der Waals surface area contributed by atoms with E-state index in [4.69, 9.17) is 29.9 Å². The van der Waals surface area contributed by atoms with Gasteiger partial charge in [-0.25, -0.2) is 19.9 Å². The van der Waals surface area contributed by atoms with Gasteiger partial charge in [-0.3, -0.25) is 14.1 Å². The molecule has 0 atom stereocenters. The van der Waals surface area contributed by atoms with Crippen LogP contribution in [0.4, 0.5) is 0 Å². The first-order chi connectivity index (χ1) is 34.2. The molecule has 0 aliphatic rings. The SMILES string of the molecule is c1ccc(-c2cc(-c3ccccc3)nc(-n3c4ccccc4c4cc(-c5ccc6c(c5)c5ccccc5n6-c5ncnc(-c6ccc7c(c6)c6ncccc6n7-c6ccccc6)n5)ccc43)n2)cc1. The van der Waals surface area contributed by atoms with Gasteiger partial charge in [0.25, 0.3) is 0 Å². The maximum atomic E-state index is 5.23. The van der Waals surface area contributed by atoms with Crippen LogP contribution in [0.25, 0.3) is 128 Å². The van der Waals surface area contributed by atoms with Crippen molar-refractivity contribution in [3.8, 4) is 62.6 Å². The number of benzene rings is 8. The van der Waals surface area contributed by atoms with Crippen molar-refractivity contribution in [2.24, 2.45) is 0 Å². The highest BCUT2D eigenvalue weighted by atomic mass is 15.2. The quantitative estimate of drug-likeness (QED) is 0.158. The summed E-state index contributed by atoms with van der Waals surface area (Å²) in [4.78, 5) is 30.0. The second-order valence-electron chi connectivity index (χ2n) is 17.2. The van der Waals surface area contributed by atoms with E-state index in [-0.39, 0.29) is 0 Å². The third-order valence-corrected chi connectivity index (χ3v) is 13.3. The van der Waals surface area contributed by atoms with E-state index < -0.39 is 0 Å². The molecule has 14 rings (SSSR count). The molecule has 0 aliphatic heterocycles. The number of nitrogens with zero attached hydrogens (tertiary/aromatic N) is 9. The molecule has 0 fully saturated rings. The van der Waals surface area contributed by atoms with Gasteiger partial charge < -0.3 is 4.57 Å². The van der Waals surface area contributed by atoms with E-state index in [1.807, 2.05) is 54.7 Å². The van der Waals surface area contributed by atoms with Gasteiger partial charge in [-0.05, 0) is 96.1 Å². The van der Waals surface area contributed by atoms with Crippen molar-refractivity contribution < 1.29 is 0 Å². The van der Waals surface area contributed by atoms with Gasteiger partial charge in [-0.15, -0.1) is 0 Å². The number of hydrogen-bond donors (Lipinski definition) is 0. The van der Waals surface area contributed by atoms with Crippen LogP contribution in [0.15, 0.2) is 225 Å². The highest BCUT2D eigenvalue weighted by molar-refractivity contribution is 6.13. The van der Waals surface area contributed by atoms with Gasteiger partial charge in [0.15, 0.2) is 5.82 Å². The second-order valence-corrected chi connectivity index (χ2v) is 17.2. The zero-order valence-corrected chi connectivity index (χ0v) is 36.9. The van der Waals surface area contributed by atoms with Gasteiger partial charge in [0.2, 0.25) is 11.9 Å². The number of pyridine rings is 1. The third kappa shape index (κ3) is 6.25. The number of aromatic nitrogens is 9. The molecular formula is C60H37N9. The first-order valence-corrected chi connectivity index (χ1v) is 22.9. The average Bonchev–Trinajstić information content (AvgIpc) is 4.06. The van der Waals surface area contributed by atoms with Crippen LogP contribution < -0.4 is 0 Å². The Bertz CT molecular complexity index is 4250. The standard InChI is InChI=1S/C60H37N9/c1-4-15-38(16-5-1)49-36-50(39-17-6-2-7-18-39)65-60(64-49)69-52-24-13-11-22-45(52)47-34-41(27-30-54(47)69)40-26-29-53-46(33-40)44-21-10-12-23-51(44)68(53)59-63-37-62-58(66-59)42-28-31-55-48(35-42)57-56(25-14-32-61-57)67(55)43-19-8-3-9-20-43/h1-37H. The molecule has 14 aromatic rings. The highest BCUT2D eigenvalue weighted by Crippen LogP contribution is 2.39. The lowest BCUT2D eigenvalue weighted by molar-refractivity contribution is 0.947. The summed E-state index contributed by atoms with van der Waals surface area (Å²) in [6.45, 7) is 0. The Morgan fingerprint density at radius 1 is 0.290 bits per heavy atom. The van der Waals surface area contributed by atoms with Crippen molar-refractivity contribution in [1.82, 2.24) is 43.6 Å². The van der Waals surface area contributed by atoms with Crippen LogP contribution in [-0.2, 0) is 0 Å². The Morgan fingerprint density at radius 2 is 0.783 bits per heavy atom. The molecule has 9 heteroatoms. The van der Waals surface area contributed by atoms with Gasteiger partial charge in [-0.2, -0.15) is 4.98 Å². The molecule has 0 aliphatic carbocycles. The lowest BCUT2D eigenvalue weighted by Crippen LogP contribution is -2.04. The van der Waals surface area contributed by atoms with E-state index >= 15 is 0 Å². The van der Waals surface area contributed by atoms with Crippen LogP contribution in [0, 0.1) is 0 Å². The summed E-state index contributed by atoms with van der Waals surface area (Å²) in [5, 5.41) is 5.50. The normalized spacial score (nSPS) is 11.8. The van der Waals surface area contributed by atoms with E-state index in [9.17, 15) is 0 Å². The minimum Gasteiger partial charge on any atom is -0.308 e. The lowest BCUT2D eigenvalue weighted by atomic mass is 10.0. The maximum absolute atomic E-state index is 5.23. The zero-order chi connectivity index (χ0) is 45.4. The Morgan fingerprint density at radius 3 is 1.41 bits per heavy atom. The van der Waals surface area contributed by atoms with Crippen molar-refractivity contribution in [3.63, 3.8) is 0 Å². The van der Waals surface area contributed by atoms with Crippen LogP contribution in [-0.4, -0.2) is 43.6 Å². The molecule has 6 heterocycles. The average molecular weight is 884 g/mol. The van der Waals surface area contributed by atoms with Crippen molar-refractivity contribution >= 4 is 65.5 Å². The minimum absolute atomic E-state index is 0.548. The van der Waals surface area contributed by atoms with E-state index in [1.165, 1.54) is 0 Å². The van der Waals surface area contributed by atoms with Gasteiger partial charge >= 0.3 is 0 Å². The summed E-state index contributed by atoms with van der Waals surface area (Å²) < 4.78 is 6.60. The predicted molar refractivity (Wildman–Crippen MR) is 278 cm³/mol. The molecular weight excluding hydrogens is 847 g/mol. The molecule has 8 aromatic carbocycles. The molecule has 0 unspecified atom stereocenters. The Kier molecular flexibility index (Phi) is 8.68. The summed E-state index contributed by atoms with van der Waals surface area (Å²) in [7, 11) is 0. The molecule has 0 saturated heterocycles. The molecule has 0 amide bonds. The van der Waals surface area contributed by atoms with Gasteiger partial charge in [-0.1, -0.05) is 127 Å². The molecule has 6 aromatic heterocycles. The monoisotopic (exact) mass is 883 g/mol. The Labute approximate surface area is 394 Å². The molecule has 9 nitrogen and oxygen atoms in total. The molecule has 322 valence electrons. The zero-order valence-electron chi connectivity index (χ0n) is 36.9. The molecule has 69 heavy (non-hydrogen) atoms. The highest BCUT2D eigenvalue weighted by Gasteiger charge is 2.21. The molecule has 0 bridgehead atoms. The fourth-order valence-electron chi connectivity index (χ4n) is 10.1. The second kappa shape index (κ2) is 15.5. The van der Waals surface area contributed by atoms with Gasteiger partial charge in [0.1, 0.15) is 6.33 Å². The molecule has 0 saturated carbocycles. The van der Waals surface area contributed by atoms with Gasteiger partial charge in [0, 0.05) is 55.5 Å². The smallest absolute Gasteiger partial charge is 0.238 e. The Hall–Kier alpha value is -9.60. The van der Waals surface area contributed by atoms with E-state index in [0.29, 0.717) is 17.7 Å². The minimum atomic E-state index is 0.548. The summed E-state index contributed by atoms with van der Waals surface area (Å²) in [6, 6.07) is 74.0. The maximum Gasteiger partial charge on any atom is 0.238 e. The lowest BCUT2D eigenvalue weighted by Gasteiger charge is -2.12. The van der Waals surface area contributed by atoms with Crippen molar-refractivity contribution in [2.45, 2.75) is 0 Å². The largest absolute Gasteiger partial charge is 0.308 e. The van der Waals surface area contributed by atoms with Crippen molar-refractivity contribution in [3.05, 3.63) is 225 Å². The fraction of sp³-hybridized carbons (Fsp3) is 0. The molecule has 0 radical (unpaired) electrons.